The topological polar surface area (TPSA) is 74.8 Å². The highest BCUT2D eigenvalue weighted by molar-refractivity contribution is 8.00. The molecule has 0 radical (unpaired) electrons. The van der Waals surface area contributed by atoms with Gasteiger partial charge in [-0.05, 0) is 67.5 Å². The van der Waals surface area contributed by atoms with Gasteiger partial charge in [-0.1, -0.05) is 53.2 Å². The van der Waals surface area contributed by atoms with Gasteiger partial charge in [-0.2, -0.15) is 0 Å². The Morgan fingerprint density at radius 1 is 1.15 bits per heavy atom. The second kappa shape index (κ2) is 9.74. The molecular weight excluding hydrogens is 509 g/mol. The quantitative estimate of drug-likeness (QED) is 0.216. The molecule has 1 amide bonds. The van der Waals surface area contributed by atoms with E-state index in [0.717, 1.165) is 24.0 Å². The van der Waals surface area contributed by atoms with Crippen LogP contribution in [0.15, 0.2) is 51.7 Å². The summed E-state index contributed by atoms with van der Waals surface area (Å²) in [6, 6.07) is 11.4. The Morgan fingerprint density at radius 2 is 1.94 bits per heavy atom. The van der Waals surface area contributed by atoms with Crippen molar-refractivity contribution in [3.05, 3.63) is 73.3 Å². The number of hydrogen-bond donors (Lipinski definition) is 2. The van der Waals surface area contributed by atoms with Crippen LogP contribution in [0.4, 0.5) is 5.69 Å². The van der Waals surface area contributed by atoms with Gasteiger partial charge >= 0.3 is 0 Å². The average Bonchev–Trinajstić information content (AvgIpc) is 3.25. The summed E-state index contributed by atoms with van der Waals surface area (Å²) in [5, 5.41) is 6.12. The number of aryl methyl sites for hydroxylation is 2. The van der Waals surface area contributed by atoms with Crippen LogP contribution in [-0.2, 0) is 17.6 Å². The summed E-state index contributed by atoms with van der Waals surface area (Å²) >= 11 is 14.8. The Hall–Kier alpha value is -2.32. The van der Waals surface area contributed by atoms with Crippen LogP contribution in [0.5, 0.6) is 0 Å². The molecular formula is C25H21Cl2N3O2S2. The molecule has 5 rings (SSSR count). The Kier molecular flexibility index (Phi) is 6.71. The molecule has 0 spiro atoms. The molecule has 0 aliphatic heterocycles. The average molecular weight is 531 g/mol. The fourth-order valence-corrected chi connectivity index (χ4v) is 6.29. The number of anilines is 1. The number of carbonyl (C=O) groups excluding carboxylic acids is 1. The first-order chi connectivity index (χ1) is 16.4. The van der Waals surface area contributed by atoms with Crippen molar-refractivity contribution < 1.29 is 4.79 Å². The molecule has 2 N–H and O–H groups in total. The number of rotatable bonds is 5. The van der Waals surface area contributed by atoms with Gasteiger partial charge in [-0.25, -0.2) is 4.98 Å². The normalized spacial score (nSPS) is 14.1. The summed E-state index contributed by atoms with van der Waals surface area (Å²) in [5.41, 5.74) is 4.97. The third kappa shape index (κ3) is 4.75. The predicted molar refractivity (Wildman–Crippen MR) is 143 cm³/mol. The molecule has 1 atom stereocenters. The third-order valence-electron chi connectivity index (χ3n) is 5.93. The summed E-state index contributed by atoms with van der Waals surface area (Å²) in [5.74, 6) is -0.266. The van der Waals surface area contributed by atoms with Crippen molar-refractivity contribution in [2.45, 2.75) is 43.0 Å². The Balaban J connectivity index is 1.38. The highest BCUT2D eigenvalue weighted by Crippen LogP contribution is 2.34. The molecule has 0 fully saturated rings. The molecule has 0 saturated heterocycles. The van der Waals surface area contributed by atoms with Crippen molar-refractivity contribution in [2.24, 2.45) is 0 Å². The number of aromatic amines is 1. The molecule has 1 aliphatic rings. The van der Waals surface area contributed by atoms with Crippen LogP contribution in [0.3, 0.4) is 0 Å². The minimum absolute atomic E-state index is 0.202. The smallest absolute Gasteiger partial charge is 0.260 e. The Labute approximate surface area is 214 Å². The zero-order valence-corrected chi connectivity index (χ0v) is 21.4. The van der Waals surface area contributed by atoms with E-state index in [2.05, 4.69) is 33.5 Å². The van der Waals surface area contributed by atoms with Crippen LogP contribution in [0, 0.1) is 0 Å². The molecule has 1 aliphatic carbocycles. The van der Waals surface area contributed by atoms with Gasteiger partial charge in [-0.15, -0.1) is 11.3 Å². The minimum Gasteiger partial charge on any atom is -0.324 e. The summed E-state index contributed by atoms with van der Waals surface area (Å²) in [6.45, 7) is 1.75. The van der Waals surface area contributed by atoms with Crippen LogP contribution in [0.25, 0.3) is 21.3 Å². The van der Waals surface area contributed by atoms with Crippen LogP contribution in [0.2, 0.25) is 10.0 Å². The fraction of sp³-hybridized carbons (Fsp3) is 0.240. The standard InChI is InChI=1S/C25H21Cl2N3O2S2/c1-13(22(31)28-20-11-17(26)8-9-19(20)27)34-25-29-23(32)21-18(12-33-24(21)30-25)16-7-6-14-4-2-3-5-15(14)10-16/h6-13H,2-5H2,1H3,(H,28,31)(H,29,30,32). The lowest BCUT2D eigenvalue weighted by Gasteiger charge is -2.16. The number of carbonyl (C=O) groups is 1. The molecule has 4 aromatic rings. The SMILES string of the molecule is CC(Sc1nc2scc(-c3ccc4c(c3)CCCC4)c2c(=O)[nH]1)C(=O)Nc1cc(Cl)ccc1Cl. The van der Waals surface area contributed by atoms with Crippen LogP contribution < -0.4 is 10.9 Å². The zero-order chi connectivity index (χ0) is 23.8. The number of aromatic nitrogens is 2. The summed E-state index contributed by atoms with van der Waals surface area (Å²) in [6.07, 6.45) is 4.65. The van der Waals surface area contributed by atoms with E-state index in [9.17, 15) is 9.59 Å². The lowest BCUT2D eigenvalue weighted by atomic mass is 9.89. The van der Waals surface area contributed by atoms with Crippen LogP contribution >= 0.6 is 46.3 Å². The first-order valence-electron chi connectivity index (χ1n) is 11.0. The predicted octanol–water partition coefficient (Wildman–Crippen LogP) is 6.96. The molecule has 2 heterocycles. The van der Waals surface area contributed by atoms with Crippen molar-refractivity contribution in [3.63, 3.8) is 0 Å². The molecule has 5 nitrogen and oxygen atoms in total. The molecule has 0 bridgehead atoms. The van der Waals surface area contributed by atoms with Crippen molar-refractivity contribution in [1.82, 2.24) is 9.97 Å². The lowest BCUT2D eigenvalue weighted by Crippen LogP contribution is -2.23. The number of halogens is 2. The van der Waals surface area contributed by atoms with Crippen molar-refractivity contribution in [3.8, 4) is 11.1 Å². The van der Waals surface area contributed by atoms with Gasteiger partial charge in [0.05, 0.1) is 21.3 Å². The number of amides is 1. The summed E-state index contributed by atoms with van der Waals surface area (Å²) < 4.78 is 0. The minimum atomic E-state index is -0.518. The first-order valence-corrected chi connectivity index (χ1v) is 13.5. The van der Waals surface area contributed by atoms with Crippen LogP contribution in [0.1, 0.15) is 30.9 Å². The zero-order valence-electron chi connectivity index (χ0n) is 18.3. The van der Waals surface area contributed by atoms with Crippen molar-refractivity contribution >= 4 is 68.1 Å². The van der Waals surface area contributed by atoms with E-state index >= 15 is 0 Å². The molecule has 0 saturated carbocycles. The second-order valence-corrected chi connectivity index (χ2v) is 11.3. The number of nitrogens with one attached hydrogen (secondary N) is 2. The number of hydrogen-bond acceptors (Lipinski definition) is 5. The Bertz CT molecular complexity index is 1460. The van der Waals surface area contributed by atoms with E-state index in [-0.39, 0.29) is 11.5 Å². The maximum atomic E-state index is 13.0. The van der Waals surface area contributed by atoms with E-state index in [1.54, 1.807) is 25.1 Å². The number of nitrogens with zero attached hydrogens (tertiary/aromatic N) is 1. The van der Waals surface area contributed by atoms with Crippen LogP contribution in [-0.4, -0.2) is 21.1 Å². The first kappa shape index (κ1) is 23.4. The lowest BCUT2D eigenvalue weighted by molar-refractivity contribution is -0.115. The maximum Gasteiger partial charge on any atom is 0.260 e. The van der Waals surface area contributed by atoms with Gasteiger partial charge in [0.15, 0.2) is 5.16 Å². The van der Waals surface area contributed by atoms with E-state index in [1.807, 2.05) is 5.38 Å². The van der Waals surface area contributed by atoms with E-state index in [0.29, 0.717) is 31.1 Å². The monoisotopic (exact) mass is 529 g/mol. The molecule has 2 aromatic carbocycles. The largest absolute Gasteiger partial charge is 0.324 e. The number of H-pyrrole nitrogens is 1. The van der Waals surface area contributed by atoms with Gasteiger partial charge in [0, 0.05) is 16.0 Å². The van der Waals surface area contributed by atoms with Gasteiger partial charge in [0.2, 0.25) is 5.91 Å². The van der Waals surface area contributed by atoms with Gasteiger partial charge in [0.1, 0.15) is 4.83 Å². The van der Waals surface area contributed by atoms with Gasteiger partial charge < -0.3 is 10.3 Å². The van der Waals surface area contributed by atoms with Gasteiger partial charge in [-0.3, -0.25) is 9.59 Å². The highest BCUT2D eigenvalue weighted by atomic mass is 35.5. The van der Waals surface area contributed by atoms with E-state index in [4.69, 9.17) is 23.2 Å². The third-order valence-corrected chi connectivity index (χ3v) is 8.35. The van der Waals surface area contributed by atoms with E-state index < -0.39 is 5.25 Å². The maximum absolute atomic E-state index is 13.0. The molecule has 9 heteroatoms. The molecule has 34 heavy (non-hydrogen) atoms. The second-order valence-electron chi connectivity index (χ2n) is 8.26. The Morgan fingerprint density at radius 3 is 2.76 bits per heavy atom. The van der Waals surface area contributed by atoms with E-state index in [1.165, 1.54) is 47.1 Å². The highest BCUT2D eigenvalue weighted by Gasteiger charge is 2.20. The van der Waals surface area contributed by atoms with Crippen molar-refractivity contribution in [1.29, 1.82) is 0 Å². The van der Waals surface area contributed by atoms with Gasteiger partial charge in [0.25, 0.3) is 5.56 Å². The van der Waals surface area contributed by atoms with Crippen molar-refractivity contribution in [2.75, 3.05) is 5.32 Å². The molecule has 1 unspecified atom stereocenters. The number of thioether (sulfide) groups is 1. The fourth-order valence-electron chi connectivity index (χ4n) is 4.15. The number of thiophene rings is 1. The summed E-state index contributed by atoms with van der Waals surface area (Å²) in [7, 11) is 0. The number of benzene rings is 2. The molecule has 2 aromatic heterocycles. The summed E-state index contributed by atoms with van der Waals surface area (Å²) in [4.78, 5) is 33.9. The number of fused-ring (bicyclic) bond motifs is 2. The molecule has 174 valence electrons.